The van der Waals surface area contributed by atoms with Crippen molar-refractivity contribution in [1.82, 2.24) is 39.9 Å². The molecule has 0 aliphatic carbocycles. The number of benzene rings is 8. The van der Waals surface area contributed by atoms with Gasteiger partial charge in [-0.3, -0.25) is 0 Å². The largest absolute Gasteiger partial charge is 0.493 e. The average Bonchev–Trinajstić information content (AvgIpc) is 1.60. The van der Waals surface area contributed by atoms with Crippen LogP contribution in [0.3, 0.4) is 0 Å². The lowest BCUT2D eigenvalue weighted by atomic mass is 9.78. The average molecular weight is 1950 g/mol. The molecule has 0 fully saturated rings. The molecule has 0 unspecified atom stereocenters. The molecule has 0 spiro atoms. The molecule has 0 radical (unpaired) electrons. The molecule has 0 saturated heterocycles. The summed E-state index contributed by atoms with van der Waals surface area (Å²) in [4.78, 5) is 39.6. The van der Waals surface area contributed by atoms with Crippen molar-refractivity contribution in [1.29, 1.82) is 0 Å². The molecule has 6 aromatic heterocycles. The topological polar surface area (TPSA) is 152 Å². The van der Waals surface area contributed by atoms with E-state index < -0.39 is 0 Å². The van der Waals surface area contributed by atoms with Gasteiger partial charge in [0, 0.05) is 114 Å². The quantitative estimate of drug-likeness (QED) is 0.127. The number of rotatable bonds is 4. The first-order valence-electron chi connectivity index (χ1n) is 52.2. The second kappa shape index (κ2) is 40.0. The Hall–Kier alpha value is -15.6. The van der Waals surface area contributed by atoms with Crippen LogP contribution >= 0.6 is 0 Å². The van der Waals surface area contributed by atoms with Crippen molar-refractivity contribution in [2.75, 3.05) is 26.4 Å². The fraction of sp³-hybridized carbons (Fsp3) is 0.294. The fourth-order valence-electron chi connectivity index (χ4n) is 19.7. The van der Waals surface area contributed by atoms with Gasteiger partial charge >= 0.3 is 0 Å². The van der Waals surface area contributed by atoms with Crippen LogP contribution in [0.2, 0.25) is 0 Å². The van der Waals surface area contributed by atoms with Crippen LogP contribution in [-0.2, 0) is 43.3 Å². The van der Waals surface area contributed by atoms with Crippen molar-refractivity contribution in [2.24, 2.45) is 0 Å². The van der Waals surface area contributed by atoms with Gasteiger partial charge < -0.3 is 38.9 Å². The van der Waals surface area contributed by atoms with Gasteiger partial charge in [-0.1, -0.05) is 311 Å². The Bertz CT molecular complexity index is 7330. The number of H-pyrrole nitrogens is 4. The van der Waals surface area contributed by atoms with Gasteiger partial charge in [-0.15, -0.1) is 0 Å². The van der Waals surface area contributed by atoms with E-state index in [0.29, 0.717) is 75.1 Å². The Labute approximate surface area is 875 Å². The third-order valence-electron chi connectivity index (χ3n) is 28.3. The number of nitrogens with one attached hydrogen (secondary N) is 4. The summed E-state index contributed by atoms with van der Waals surface area (Å²) in [5, 5.41) is 0. The van der Waals surface area contributed by atoms with E-state index in [1.807, 2.05) is 24.3 Å². The first-order valence-corrected chi connectivity index (χ1v) is 52.2. The van der Waals surface area contributed by atoms with Crippen LogP contribution in [0.15, 0.2) is 218 Å². The zero-order valence-corrected chi connectivity index (χ0v) is 90.5. The van der Waals surface area contributed by atoms with E-state index in [1.165, 1.54) is 44.5 Å². The van der Waals surface area contributed by atoms with Gasteiger partial charge in [-0.2, -0.15) is 0 Å². The Morgan fingerprint density at radius 1 is 0.189 bits per heavy atom. The van der Waals surface area contributed by atoms with Gasteiger partial charge in [0.05, 0.1) is 72.0 Å². The summed E-state index contributed by atoms with van der Waals surface area (Å²) in [6.07, 6.45) is 19.2. The maximum Gasteiger partial charge on any atom is 0.119 e. The molecule has 12 heteroatoms. The molecule has 12 heterocycles. The summed E-state index contributed by atoms with van der Waals surface area (Å²) < 4.78 is 26.8. The molecule has 744 valence electrons. The van der Waals surface area contributed by atoms with E-state index >= 15 is 0 Å². The highest BCUT2D eigenvalue weighted by molar-refractivity contribution is 6.04. The van der Waals surface area contributed by atoms with E-state index in [9.17, 15) is 0 Å². The summed E-state index contributed by atoms with van der Waals surface area (Å²) in [5.41, 5.74) is 37.3. The molecule has 14 aromatic rings. The Balaban J connectivity index is 0.754. The minimum Gasteiger partial charge on any atom is -0.493 e. The second-order valence-corrected chi connectivity index (χ2v) is 47.9. The lowest BCUT2D eigenvalue weighted by molar-refractivity contribution is 0.327. The van der Waals surface area contributed by atoms with Crippen molar-refractivity contribution in [2.45, 2.75) is 235 Å². The number of ether oxygens (including phenoxy) is 4. The molecular weight excluding hydrogens is 1810 g/mol. The smallest absolute Gasteiger partial charge is 0.119 e. The molecule has 6 aliphatic heterocycles. The van der Waals surface area contributed by atoms with Gasteiger partial charge in [-0.05, 0) is 302 Å². The summed E-state index contributed by atoms with van der Waals surface area (Å²) >= 11 is 0. The summed E-state index contributed by atoms with van der Waals surface area (Å²) in [5.74, 6) is 28.6. The lowest BCUT2D eigenvalue weighted by Gasteiger charge is -2.26. The summed E-state index contributed by atoms with van der Waals surface area (Å²) in [7, 11) is 0. The number of aromatic nitrogens is 8. The highest BCUT2D eigenvalue weighted by Crippen LogP contribution is 2.49. The second-order valence-electron chi connectivity index (χ2n) is 47.9. The van der Waals surface area contributed by atoms with E-state index in [0.717, 1.165) is 179 Å². The predicted molar refractivity (Wildman–Crippen MR) is 622 cm³/mol. The maximum atomic E-state index is 6.70. The minimum atomic E-state index is -0.182. The number of hydrogen-bond donors (Lipinski definition) is 4. The molecule has 0 atom stereocenters. The summed E-state index contributed by atoms with van der Waals surface area (Å²) in [6.45, 7) is 56.4. The van der Waals surface area contributed by atoms with Crippen molar-refractivity contribution in [3.8, 4) is 159 Å². The van der Waals surface area contributed by atoms with Gasteiger partial charge in [-0.25, -0.2) is 19.9 Å². The summed E-state index contributed by atoms with van der Waals surface area (Å²) in [6, 6.07) is 79.5. The number of nitrogens with zero attached hydrogens (tertiary/aromatic N) is 4. The molecule has 4 N–H and O–H groups in total. The van der Waals surface area contributed by atoms with Crippen LogP contribution in [0.4, 0.5) is 0 Å². The monoisotopic (exact) mass is 1950 g/mol. The molecule has 20 rings (SSSR count). The van der Waals surface area contributed by atoms with Crippen LogP contribution in [0.25, 0.3) is 182 Å². The van der Waals surface area contributed by atoms with Crippen molar-refractivity contribution in [3.05, 3.63) is 308 Å². The van der Waals surface area contributed by atoms with E-state index in [4.69, 9.17) is 38.9 Å². The molecule has 12 nitrogen and oxygen atoms in total. The third-order valence-corrected chi connectivity index (χ3v) is 28.3. The van der Waals surface area contributed by atoms with E-state index in [2.05, 4.69) is 476 Å². The highest BCUT2D eigenvalue weighted by Gasteiger charge is 2.32. The Morgan fingerprint density at radius 3 is 0.500 bits per heavy atom. The van der Waals surface area contributed by atoms with Crippen LogP contribution in [0, 0.1) is 47.4 Å². The standard InChI is InChI=1S/C136H136N8O4/c1-129(2,3)93-69-89(70-94(81-93)130(4,5)6)125-113-57-49-105(137-113)121-85-41-37-45-101(77-85)145-65-33-29-25-27-31-35-67-147-103-47-39-43-87(79-103)123-109-53-61-117(141-109)127(91-73-97(133(13,14)15)83-98(74-91)134(16,17)18)118-62-54-110(142-118)124(112-56-64-120(144-112)128(119-63-55-111(123)143-119)92-75-99(135(19,20)21)84-100(76-92)136(22,23)24)88-44-40-48-104(80-88)148-68-36-32-28-26-30-34-66-146-102-46-38-42-86(78-102)122(106-50-58-114(125)138-106)108-52-60-116(140-108)126(115-59-51-107(121)139-115)90-71-95(131(7,8)9)82-96(72-90)132(10,11)12/h37-64,69-84,137,140-141,144H,33-36,65-68H2,1-24H3. The number of fused-ring (bicyclic) bond motifs is 18. The lowest BCUT2D eigenvalue weighted by Crippen LogP contribution is -2.16. The molecule has 8 aromatic carbocycles. The molecule has 28 bridgehead atoms. The van der Waals surface area contributed by atoms with Crippen LogP contribution in [-0.4, -0.2) is 66.3 Å². The third kappa shape index (κ3) is 22.1. The molecule has 0 amide bonds. The van der Waals surface area contributed by atoms with E-state index in [1.54, 1.807) is 0 Å². The normalized spacial score (nSPS) is 13.8. The van der Waals surface area contributed by atoms with Gasteiger partial charge in [0.1, 0.15) is 23.0 Å². The van der Waals surface area contributed by atoms with E-state index in [-0.39, 0.29) is 43.3 Å². The molecule has 6 aliphatic rings. The van der Waals surface area contributed by atoms with Crippen molar-refractivity contribution >= 4 is 92.7 Å². The minimum absolute atomic E-state index is 0.182. The molecular formula is C136H136N8O4. The molecule has 0 saturated carbocycles. The van der Waals surface area contributed by atoms with Crippen LogP contribution in [0.5, 0.6) is 23.0 Å². The maximum absolute atomic E-state index is 6.70. The van der Waals surface area contributed by atoms with Gasteiger partial charge in [0.2, 0.25) is 0 Å². The van der Waals surface area contributed by atoms with Crippen LogP contribution in [0.1, 0.15) is 282 Å². The first-order chi connectivity index (χ1) is 70.3. The SMILES string of the molecule is CC(C)(C)c1cc(-c2c3nc(c4c5ccc([nH]5)c(-c5cc(C(C)(C)C)cc(C(C)(C)C)c5)c5nc(c(c6ccc2[nH]6)-c2cccc(c2)OCCC#CC#CCCOc2cccc(c2)-c2c6nc(c(-c7cc(C(C)(C)C)cc(C(C)(C)C)c7)c7ccc([nH]7)c(c7nc(c(-c8cc(C(C)(C)C)cc(C(C)(C)C)c8)c8ccc2[nH]8)C=C7)-c2cccc(c2)OCCC#CC#CCCOc2cccc-4c2)C=C6)C=C5)C=C3)cc(C(C)(C)C)c1. The highest BCUT2D eigenvalue weighted by atomic mass is 16.5. The predicted octanol–water partition coefficient (Wildman–Crippen LogP) is 34.1. The molecule has 148 heavy (non-hydrogen) atoms. The van der Waals surface area contributed by atoms with Gasteiger partial charge in [0.15, 0.2) is 0 Å². The fourth-order valence-corrected chi connectivity index (χ4v) is 19.7. The zero-order valence-electron chi connectivity index (χ0n) is 90.5. The van der Waals surface area contributed by atoms with Crippen molar-refractivity contribution < 1.29 is 18.9 Å². The van der Waals surface area contributed by atoms with Crippen molar-refractivity contribution in [3.63, 3.8) is 0 Å². The first kappa shape index (κ1) is 101. The van der Waals surface area contributed by atoms with Gasteiger partial charge in [0.25, 0.3) is 0 Å². The van der Waals surface area contributed by atoms with Crippen LogP contribution < -0.4 is 18.9 Å². The zero-order chi connectivity index (χ0) is 104. The Morgan fingerprint density at radius 2 is 0.345 bits per heavy atom. The number of aromatic amines is 4. The Kier molecular flexibility index (Phi) is 27.3. The number of hydrogen-bond acceptors (Lipinski definition) is 8.